The molecule has 0 N–H and O–H groups in total. The number of hydrogen-bond acceptors (Lipinski definition) is 10. The number of halogens is 6. The molecule has 10 nitrogen and oxygen atoms in total. The van der Waals surface area contributed by atoms with Crippen LogP contribution in [0.15, 0.2) is 229 Å². The number of methoxy groups -OCH3 is 6. The SMILES string of the molecule is COc1ccccc1/C=C/C1=CC(/C=C/c2ccccc2OC)(OC(F)(F)F)C=C(/C=C/c2ccccc2OC)C1CS(=O)(=O)CC1C(/C=C/c2ccccc2OC)=CC(/C=C/c2ccccc2OC)(OC(F)(F)F)C=C1/C=C/c1ccccc1OC. The van der Waals surface area contributed by atoms with Crippen LogP contribution in [0, 0.1) is 11.8 Å². The highest BCUT2D eigenvalue weighted by Crippen LogP contribution is 2.45. The van der Waals surface area contributed by atoms with Crippen LogP contribution in [0.1, 0.15) is 33.4 Å². The van der Waals surface area contributed by atoms with Crippen molar-refractivity contribution in [3.05, 3.63) is 262 Å². The molecule has 0 bridgehead atoms. The summed E-state index contributed by atoms with van der Waals surface area (Å²) in [7, 11) is 4.12. The molecular formula is C70H64F6O10S. The zero-order valence-corrected chi connectivity index (χ0v) is 49.2. The van der Waals surface area contributed by atoms with Crippen molar-refractivity contribution in [3.63, 3.8) is 0 Å². The van der Waals surface area contributed by atoms with Crippen LogP contribution in [-0.2, 0) is 19.3 Å². The van der Waals surface area contributed by atoms with Crippen LogP contribution in [0.5, 0.6) is 34.5 Å². The molecule has 2 aliphatic carbocycles. The van der Waals surface area contributed by atoms with Gasteiger partial charge in [0.1, 0.15) is 45.7 Å². The van der Waals surface area contributed by atoms with Crippen LogP contribution in [0.3, 0.4) is 0 Å². The Bertz CT molecular complexity index is 3430. The third-order valence-electron chi connectivity index (χ3n) is 14.3. The van der Waals surface area contributed by atoms with Crippen LogP contribution < -0.4 is 28.4 Å². The number of benzene rings is 6. The minimum atomic E-state index is -5.26. The van der Waals surface area contributed by atoms with Crippen molar-refractivity contribution in [2.75, 3.05) is 54.2 Å². The van der Waals surface area contributed by atoms with E-state index in [2.05, 4.69) is 0 Å². The van der Waals surface area contributed by atoms with Gasteiger partial charge in [-0.2, -0.15) is 0 Å². The van der Waals surface area contributed by atoms with Gasteiger partial charge >= 0.3 is 12.7 Å². The lowest BCUT2D eigenvalue weighted by atomic mass is 9.79. The van der Waals surface area contributed by atoms with Crippen molar-refractivity contribution in [3.8, 4) is 34.5 Å². The monoisotopic (exact) mass is 1210 g/mol. The van der Waals surface area contributed by atoms with Gasteiger partial charge in [0.25, 0.3) is 0 Å². The summed E-state index contributed by atoms with van der Waals surface area (Å²) in [5, 5.41) is 0. The minimum absolute atomic E-state index is 0.0852. The molecule has 0 saturated heterocycles. The van der Waals surface area contributed by atoms with Crippen molar-refractivity contribution < 1.29 is 72.7 Å². The van der Waals surface area contributed by atoms with Gasteiger partial charge in [0.15, 0.2) is 9.84 Å². The summed E-state index contributed by atoms with van der Waals surface area (Å²) in [6, 6.07) is 40.9. The molecule has 6 aromatic rings. The van der Waals surface area contributed by atoms with E-state index in [4.69, 9.17) is 37.9 Å². The van der Waals surface area contributed by atoms with Gasteiger partial charge in [0.05, 0.1) is 54.2 Å². The van der Waals surface area contributed by atoms with Crippen LogP contribution in [0.25, 0.3) is 36.5 Å². The molecule has 0 aliphatic heterocycles. The minimum Gasteiger partial charge on any atom is -0.496 e. The van der Waals surface area contributed by atoms with E-state index in [-0.39, 0.29) is 22.3 Å². The third kappa shape index (κ3) is 17.1. The predicted molar refractivity (Wildman–Crippen MR) is 330 cm³/mol. The third-order valence-corrected chi connectivity index (χ3v) is 16.0. The van der Waals surface area contributed by atoms with Gasteiger partial charge in [-0.25, -0.2) is 8.42 Å². The van der Waals surface area contributed by atoms with E-state index < -0.39 is 57.1 Å². The van der Waals surface area contributed by atoms with Crippen LogP contribution in [0.2, 0.25) is 0 Å². The van der Waals surface area contributed by atoms with Crippen molar-refractivity contribution in [2.24, 2.45) is 11.8 Å². The molecule has 452 valence electrons. The Morgan fingerprint density at radius 2 is 0.552 bits per heavy atom. The molecule has 0 radical (unpaired) electrons. The second-order valence-corrected chi connectivity index (χ2v) is 22.2. The van der Waals surface area contributed by atoms with E-state index in [0.29, 0.717) is 67.9 Å². The molecule has 6 aromatic carbocycles. The number of sulfone groups is 1. The molecule has 0 atom stereocenters. The Kier molecular flexibility index (Phi) is 20.9. The molecule has 0 fully saturated rings. The molecule has 87 heavy (non-hydrogen) atoms. The zero-order valence-electron chi connectivity index (χ0n) is 48.4. The lowest BCUT2D eigenvalue weighted by Gasteiger charge is -2.36. The first-order valence-corrected chi connectivity index (χ1v) is 29.1. The average molecular weight is 1210 g/mol. The Hall–Kier alpha value is -9.03. The first kappa shape index (κ1) is 64.0. The van der Waals surface area contributed by atoms with Crippen molar-refractivity contribution in [1.82, 2.24) is 0 Å². The van der Waals surface area contributed by atoms with E-state index in [1.807, 2.05) is 0 Å². The lowest BCUT2D eigenvalue weighted by Crippen LogP contribution is -2.39. The molecule has 0 saturated carbocycles. The highest BCUT2D eigenvalue weighted by atomic mass is 32.2. The average Bonchev–Trinajstić information content (AvgIpc) is 2.08. The fourth-order valence-corrected chi connectivity index (χ4v) is 12.2. The quantitative estimate of drug-likeness (QED) is 0.0544. The van der Waals surface area contributed by atoms with Crippen LogP contribution in [-0.4, -0.2) is 86.5 Å². The largest absolute Gasteiger partial charge is 0.523 e. The second-order valence-electron chi connectivity index (χ2n) is 20.0. The maximum Gasteiger partial charge on any atom is 0.523 e. The molecule has 17 heteroatoms. The molecule has 0 aromatic heterocycles. The van der Waals surface area contributed by atoms with Gasteiger partial charge in [-0.3, -0.25) is 9.47 Å². The van der Waals surface area contributed by atoms with Crippen LogP contribution in [0.4, 0.5) is 26.3 Å². The molecule has 0 amide bonds. The van der Waals surface area contributed by atoms with Gasteiger partial charge in [0.2, 0.25) is 0 Å². The Morgan fingerprint density at radius 3 is 0.759 bits per heavy atom. The maximum atomic E-state index is 15.8. The summed E-state index contributed by atoms with van der Waals surface area (Å²) in [6.45, 7) is 0. The fraction of sp³-hybridized carbons (Fsp3) is 0.200. The normalized spacial score (nSPS) is 19.4. The zero-order chi connectivity index (χ0) is 62.2. The van der Waals surface area contributed by atoms with Gasteiger partial charge in [0, 0.05) is 45.2 Å². The van der Waals surface area contributed by atoms with Crippen molar-refractivity contribution >= 4 is 46.3 Å². The molecule has 2 aliphatic rings. The highest BCUT2D eigenvalue weighted by Gasteiger charge is 2.46. The van der Waals surface area contributed by atoms with E-state index in [0.717, 1.165) is 0 Å². The topological polar surface area (TPSA) is 108 Å². The van der Waals surface area contributed by atoms with Crippen molar-refractivity contribution in [1.29, 1.82) is 0 Å². The summed E-state index contributed by atoms with van der Waals surface area (Å²) >= 11 is 0. The number of hydrogen-bond donors (Lipinski definition) is 0. The summed E-state index contributed by atoms with van der Waals surface area (Å²) in [4.78, 5) is 0. The fourth-order valence-electron chi connectivity index (χ4n) is 10.3. The molecular weight excluding hydrogens is 1150 g/mol. The van der Waals surface area contributed by atoms with Crippen LogP contribution >= 0.6 is 0 Å². The number of para-hydroxylation sites is 6. The van der Waals surface area contributed by atoms with E-state index in [9.17, 15) is 0 Å². The van der Waals surface area contributed by atoms with E-state index in [1.54, 1.807) is 170 Å². The molecule has 0 heterocycles. The van der Waals surface area contributed by atoms with Crippen molar-refractivity contribution in [2.45, 2.75) is 23.9 Å². The predicted octanol–water partition coefficient (Wildman–Crippen LogP) is 16.2. The summed E-state index contributed by atoms with van der Waals surface area (Å²) in [5.41, 5.74) is -1.66. The maximum absolute atomic E-state index is 15.8. The van der Waals surface area contributed by atoms with E-state index in [1.165, 1.54) is 116 Å². The second kappa shape index (κ2) is 28.4. The van der Waals surface area contributed by atoms with Gasteiger partial charge < -0.3 is 28.4 Å². The Labute approximate surface area is 503 Å². The number of allylic oxidation sites excluding steroid dienone is 8. The highest BCUT2D eigenvalue weighted by molar-refractivity contribution is 7.91. The first-order valence-electron chi connectivity index (χ1n) is 27.2. The first-order chi connectivity index (χ1) is 41.7. The number of alkyl halides is 6. The smallest absolute Gasteiger partial charge is 0.496 e. The van der Waals surface area contributed by atoms with Gasteiger partial charge in [-0.15, -0.1) is 26.3 Å². The molecule has 0 spiro atoms. The Balaban J connectivity index is 1.36. The summed E-state index contributed by atoms with van der Waals surface area (Å²) in [5.74, 6) is -1.64. The van der Waals surface area contributed by atoms with Gasteiger partial charge in [-0.05, 0) is 95.1 Å². The molecule has 0 unspecified atom stereocenters. The summed E-state index contributed by atoms with van der Waals surface area (Å²) < 4.78 is 166. The number of rotatable bonds is 24. The standard InChI is InChI=1S/C70H64F6O10S/c1-79-61-25-13-7-19-49(61)31-35-55-43-67(85-69(71,72)73,41-39-53-23-11-17-29-65(53)83-5)44-56(36-32-50-20-8-14-26-62(50)80-2)59(55)47-87(77,78)48-60-57(37-33-51-21-9-15-27-63(51)81-3)45-68(86-70(74,75)76,42-40-54-24-12-18-30-66(54)84-6)46-58(60)38-34-52-22-10-16-28-64(52)82-4/h7-46,59-60H,47-48H2,1-6H3/b35-31+,36-32+,37-33+,38-34+,41-39+,42-40+. The summed E-state index contributed by atoms with van der Waals surface area (Å²) in [6.07, 6.45) is 12.1. The van der Waals surface area contributed by atoms with Gasteiger partial charge in [-0.1, -0.05) is 170 Å². The lowest BCUT2D eigenvalue weighted by molar-refractivity contribution is -0.344. The van der Waals surface area contributed by atoms with E-state index >= 15 is 34.8 Å². The number of ether oxygens (including phenoxy) is 8. The Morgan fingerprint density at radius 1 is 0.345 bits per heavy atom. The molecule has 8 rings (SSSR count).